The molecule has 2 fully saturated rings. The lowest BCUT2D eigenvalue weighted by molar-refractivity contribution is -0.119. The molecule has 1 aromatic carbocycles. The highest BCUT2D eigenvalue weighted by Gasteiger charge is 2.39. The van der Waals surface area contributed by atoms with Crippen molar-refractivity contribution in [2.24, 2.45) is 17.8 Å². The number of benzene rings is 1. The molecule has 1 N–H and O–H groups in total. The van der Waals surface area contributed by atoms with E-state index in [1.807, 2.05) is 6.07 Å². The second-order valence-electron chi connectivity index (χ2n) is 6.34. The fraction of sp³-hybridized carbons (Fsp3) is 0.588. The molecule has 1 aromatic rings. The standard InChI is InChI=1S/C17H23NO/c1-12-7-9-13(10-8-12)15-11-16(19)18-17(15)14-5-3-2-4-6-14/h2-6,12-13,15,17H,7-11H2,1H3,(H,18,19). The highest BCUT2D eigenvalue weighted by Crippen LogP contribution is 2.42. The van der Waals surface area contributed by atoms with Gasteiger partial charge in [-0.1, -0.05) is 50.1 Å². The first-order chi connectivity index (χ1) is 9.24. The van der Waals surface area contributed by atoms with Crippen LogP contribution >= 0.6 is 0 Å². The Hall–Kier alpha value is -1.31. The summed E-state index contributed by atoms with van der Waals surface area (Å²) in [5.74, 6) is 2.33. The lowest BCUT2D eigenvalue weighted by atomic mass is 9.73. The summed E-state index contributed by atoms with van der Waals surface area (Å²) in [7, 11) is 0. The lowest BCUT2D eigenvalue weighted by Gasteiger charge is -2.33. The van der Waals surface area contributed by atoms with Crippen molar-refractivity contribution in [2.45, 2.75) is 45.1 Å². The summed E-state index contributed by atoms with van der Waals surface area (Å²) in [5.41, 5.74) is 1.27. The molecule has 1 saturated heterocycles. The van der Waals surface area contributed by atoms with E-state index in [9.17, 15) is 4.79 Å². The van der Waals surface area contributed by atoms with E-state index >= 15 is 0 Å². The Morgan fingerprint density at radius 1 is 1.05 bits per heavy atom. The van der Waals surface area contributed by atoms with Gasteiger partial charge in [-0.05, 0) is 36.2 Å². The molecular formula is C17H23NO. The average molecular weight is 257 g/mol. The van der Waals surface area contributed by atoms with Gasteiger partial charge in [0.25, 0.3) is 0 Å². The van der Waals surface area contributed by atoms with Crippen LogP contribution in [0.25, 0.3) is 0 Å². The van der Waals surface area contributed by atoms with Gasteiger partial charge in [-0.3, -0.25) is 4.79 Å². The molecule has 1 amide bonds. The van der Waals surface area contributed by atoms with Crippen LogP contribution in [-0.2, 0) is 4.79 Å². The predicted octanol–water partition coefficient (Wildman–Crippen LogP) is 3.69. The summed E-state index contributed by atoms with van der Waals surface area (Å²) in [6, 6.07) is 10.7. The molecule has 1 aliphatic heterocycles. The predicted molar refractivity (Wildman–Crippen MR) is 76.6 cm³/mol. The molecule has 2 unspecified atom stereocenters. The van der Waals surface area contributed by atoms with E-state index < -0.39 is 0 Å². The van der Waals surface area contributed by atoms with Gasteiger partial charge in [0.15, 0.2) is 0 Å². The van der Waals surface area contributed by atoms with E-state index in [0.29, 0.717) is 5.92 Å². The normalized spacial score (nSPS) is 35.1. The van der Waals surface area contributed by atoms with Crippen LogP contribution in [0.15, 0.2) is 30.3 Å². The van der Waals surface area contributed by atoms with Crippen LogP contribution in [0.1, 0.15) is 50.6 Å². The van der Waals surface area contributed by atoms with Crippen molar-refractivity contribution in [3.63, 3.8) is 0 Å². The molecule has 1 heterocycles. The molecule has 3 rings (SSSR count). The zero-order valence-electron chi connectivity index (χ0n) is 11.6. The van der Waals surface area contributed by atoms with E-state index in [1.54, 1.807) is 0 Å². The molecule has 2 nitrogen and oxygen atoms in total. The topological polar surface area (TPSA) is 29.1 Å². The van der Waals surface area contributed by atoms with Crippen molar-refractivity contribution in [3.8, 4) is 0 Å². The van der Waals surface area contributed by atoms with Crippen LogP contribution in [0.5, 0.6) is 0 Å². The summed E-state index contributed by atoms with van der Waals surface area (Å²) in [5, 5.41) is 3.19. The molecule has 0 spiro atoms. The van der Waals surface area contributed by atoms with Gasteiger partial charge in [-0.2, -0.15) is 0 Å². The number of hydrogen-bond donors (Lipinski definition) is 1. The van der Waals surface area contributed by atoms with Gasteiger partial charge in [0, 0.05) is 6.42 Å². The summed E-state index contributed by atoms with van der Waals surface area (Å²) in [6.07, 6.45) is 5.97. The minimum atomic E-state index is 0.234. The van der Waals surface area contributed by atoms with Gasteiger partial charge in [0.2, 0.25) is 5.91 Å². The Morgan fingerprint density at radius 2 is 1.74 bits per heavy atom. The Morgan fingerprint density at radius 3 is 2.42 bits per heavy atom. The third-order valence-corrected chi connectivity index (χ3v) is 4.99. The molecule has 1 saturated carbocycles. The average Bonchev–Trinajstić information content (AvgIpc) is 2.83. The Kier molecular flexibility index (Phi) is 3.58. The Labute approximate surface area is 115 Å². The maximum absolute atomic E-state index is 11.8. The van der Waals surface area contributed by atoms with Gasteiger partial charge in [0.1, 0.15) is 0 Å². The quantitative estimate of drug-likeness (QED) is 0.860. The highest BCUT2D eigenvalue weighted by molar-refractivity contribution is 5.79. The second kappa shape index (κ2) is 5.36. The Bertz CT molecular complexity index is 434. The van der Waals surface area contributed by atoms with Gasteiger partial charge in [-0.25, -0.2) is 0 Å². The van der Waals surface area contributed by atoms with Crippen molar-refractivity contribution in [2.75, 3.05) is 0 Å². The van der Waals surface area contributed by atoms with Crippen molar-refractivity contribution in [1.29, 1.82) is 0 Å². The van der Waals surface area contributed by atoms with Gasteiger partial charge in [-0.15, -0.1) is 0 Å². The largest absolute Gasteiger partial charge is 0.349 e. The first kappa shape index (κ1) is 12.7. The molecule has 2 heteroatoms. The van der Waals surface area contributed by atoms with Gasteiger partial charge < -0.3 is 5.32 Å². The zero-order valence-corrected chi connectivity index (χ0v) is 11.6. The maximum Gasteiger partial charge on any atom is 0.220 e. The first-order valence-corrected chi connectivity index (χ1v) is 7.58. The minimum Gasteiger partial charge on any atom is -0.349 e. The maximum atomic E-state index is 11.8. The van der Waals surface area contributed by atoms with E-state index in [2.05, 4.69) is 36.5 Å². The number of carbonyl (C=O) groups excluding carboxylic acids is 1. The van der Waals surface area contributed by atoms with E-state index in [1.165, 1.54) is 31.2 Å². The minimum absolute atomic E-state index is 0.234. The molecular weight excluding hydrogens is 234 g/mol. The molecule has 2 aliphatic rings. The van der Waals surface area contributed by atoms with E-state index in [4.69, 9.17) is 0 Å². The number of carbonyl (C=O) groups is 1. The number of rotatable bonds is 2. The molecule has 1 aliphatic carbocycles. The van der Waals surface area contributed by atoms with Crippen LogP contribution < -0.4 is 5.32 Å². The Balaban J connectivity index is 1.77. The van der Waals surface area contributed by atoms with Crippen LogP contribution in [-0.4, -0.2) is 5.91 Å². The second-order valence-corrected chi connectivity index (χ2v) is 6.34. The monoisotopic (exact) mass is 257 g/mol. The molecule has 0 bridgehead atoms. The van der Waals surface area contributed by atoms with Crippen molar-refractivity contribution in [1.82, 2.24) is 5.32 Å². The van der Waals surface area contributed by atoms with E-state index in [0.717, 1.165) is 18.3 Å². The van der Waals surface area contributed by atoms with Crippen molar-refractivity contribution >= 4 is 5.91 Å². The summed E-state index contributed by atoms with van der Waals surface area (Å²) in [6.45, 7) is 2.35. The third kappa shape index (κ3) is 2.68. The molecule has 0 aromatic heterocycles. The van der Waals surface area contributed by atoms with Crippen molar-refractivity contribution < 1.29 is 4.79 Å². The lowest BCUT2D eigenvalue weighted by Crippen LogP contribution is -2.26. The molecule has 0 radical (unpaired) electrons. The fourth-order valence-corrected chi connectivity index (χ4v) is 3.82. The van der Waals surface area contributed by atoms with Crippen LogP contribution in [0.2, 0.25) is 0 Å². The molecule has 102 valence electrons. The summed E-state index contributed by atoms with van der Waals surface area (Å²) in [4.78, 5) is 11.8. The number of amides is 1. The van der Waals surface area contributed by atoms with Gasteiger partial charge in [0.05, 0.1) is 6.04 Å². The smallest absolute Gasteiger partial charge is 0.220 e. The zero-order chi connectivity index (χ0) is 13.2. The summed E-state index contributed by atoms with van der Waals surface area (Å²) >= 11 is 0. The number of nitrogens with one attached hydrogen (secondary N) is 1. The van der Waals surface area contributed by atoms with Gasteiger partial charge >= 0.3 is 0 Å². The first-order valence-electron chi connectivity index (χ1n) is 7.58. The van der Waals surface area contributed by atoms with Crippen molar-refractivity contribution in [3.05, 3.63) is 35.9 Å². The highest BCUT2D eigenvalue weighted by atomic mass is 16.2. The summed E-state index contributed by atoms with van der Waals surface area (Å²) < 4.78 is 0. The third-order valence-electron chi connectivity index (χ3n) is 4.99. The van der Waals surface area contributed by atoms with Crippen LogP contribution in [0.4, 0.5) is 0 Å². The van der Waals surface area contributed by atoms with E-state index in [-0.39, 0.29) is 11.9 Å². The molecule has 19 heavy (non-hydrogen) atoms. The SMILES string of the molecule is CC1CCC(C2CC(=O)NC2c2ccccc2)CC1. The molecule has 2 atom stereocenters. The van der Waals surface area contributed by atoms with Crippen LogP contribution in [0.3, 0.4) is 0 Å². The number of hydrogen-bond acceptors (Lipinski definition) is 1. The fourth-order valence-electron chi connectivity index (χ4n) is 3.82. The van der Waals surface area contributed by atoms with Crippen LogP contribution in [0, 0.1) is 17.8 Å².